The maximum Gasteiger partial charge on any atom is 0.332 e. The molecule has 3 aromatic rings. The number of rotatable bonds is 4. The minimum absolute atomic E-state index is 0.0709. The van der Waals surface area contributed by atoms with Crippen LogP contribution in [0.2, 0.25) is 0 Å². The van der Waals surface area contributed by atoms with E-state index in [0.29, 0.717) is 5.56 Å². The lowest BCUT2D eigenvalue weighted by Gasteiger charge is -2.38. The summed E-state index contributed by atoms with van der Waals surface area (Å²) in [6.07, 6.45) is -1.04. The van der Waals surface area contributed by atoms with Crippen molar-refractivity contribution in [3.8, 4) is 0 Å². The normalized spacial score (nSPS) is 18.9. The first-order valence-corrected chi connectivity index (χ1v) is 9.74. The Morgan fingerprint density at radius 2 is 1.88 bits per heavy atom. The number of nitrogens with one attached hydrogen (secondary N) is 2. The topological polar surface area (TPSA) is 131 Å². The van der Waals surface area contributed by atoms with Gasteiger partial charge in [-0.1, -0.05) is 12.1 Å². The Morgan fingerprint density at radius 3 is 2.56 bits per heavy atom. The third kappa shape index (κ3) is 3.58. The van der Waals surface area contributed by atoms with Crippen LogP contribution in [0.3, 0.4) is 0 Å². The van der Waals surface area contributed by atoms with Gasteiger partial charge in [0.1, 0.15) is 23.8 Å². The number of halogens is 1. The van der Waals surface area contributed by atoms with E-state index in [4.69, 9.17) is 4.74 Å². The molecule has 1 aliphatic heterocycles. The Balaban J connectivity index is 1.57. The first-order chi connectivity index (χ1) is 15.2. The summed E-state index contributed by atoms with van der Waals surface area (Å²) in [5.41, 5.74) is -0.187. The Kier molecular flexibility index (Phi) is 5.38. The fourth-order valence-electron chi connectivity index (χ4n) is 3.72. The van der Waals surface area contributed by atoms with E-state index in [9.17, 15) is 23.6 Å². The van der Waals surface area contributed by atoms with Crippen LogP contribution in [0.25, 0.3) is 11.2 Å². The summed E-state index contributed by atoms with van der Waals surface area (Å²) < 4.78 is 21.0. The van der Waals surface area contributed by atoms with Crippen molar-refractivity contribution in [1.82, 2.24) is 29.3 Å². The van der Waals surface area contributed by atoms with E-state index in [2.05, 4.69) is 15.3 Å². The van der Waals surface area contributed by atoms with Gasteiger partial charge in [0, 0.05) is 21.1 Å². The van der Waals surface area contributed by atoms with Gasteiger partial charge in [-0.25, -0.2) is 14.2 Å². The van der Waals surface area contributed by atoms with Gasteiger partial charge in [-0.15, -0.1) is 0 Å². The van der Waals surface area contributed by atoms with Gasteiger partial charge in [-0.05, 0) is 17.7 Å². The van der Waals surface area contributed by atoms with Crippen molar-refractivity contribution in [2.45, 2.75) is 18.7 Å². The highest BCUT2D eigenvalue weighted by Crippen LogP contribution is 2.29. The molecule has 168 valence electrons. The maximum absolute atomic E-state index is 13.3. The van der Waals surface area contributed by atoms with Crippen LogP contribution in [0, 0.1) is 5.82 Å². The van der Waals surface area contributed by atoms with Crippen molar-refractivity contribution in [3.63, 3.8) is 0 Å². The third-order valence-electron chi connectivity index (χ3n) is 5.53. The standard InChI is InChI=1S/C20H21FN6O5/c1-25-13(28)9-32-16(15(25)10-4-6-11(21)7-5-10)18(29)22-8-12-23-14-17(24-12)26(2)20(31)27(3)19(14)30/h4-7,15-16H,8-9H2,1-3H3,(H,22,29)(H,23,24). The predicted octanol–water partition coefficient (Wildman–Crippen LogP) is -0.686. The molecule has 0 radical (unpaired) electrons. The minimum Gasteiger partial charge on any atom is -0.356 e. The smallest absolute Gasteiger partial charge is 0.332 e. The minimum atomic E-state index is -1.04. The van der Waals surface area contributed by atoms with Crippen LogP contribution in [0.15, 0.2) is 33.9 Å². The van der Waals surface area contributed by atoms with E-state index >= 15 is 0 Å². The summed E-state index contributed by atoms with van der Waals surface area (Å²) in [7, 11) is 4.40. The molecular formula is C20H21FN6O5. The summed E-state index contributed by atoms with van der Waals surface area (Å²) in [6, 6.07) is 4.73. The van der Waals surface area contributed by atoms with Crippen molar-refractivity contribution in [1.29, 1.82) is 0 Å². The van der Waals surface area contributed by atoms with Crippen LogP contribution in [0.4, 0.5) is 4.39 Å². The Morgan fingerprint density at radius 1 is 1.19 bits per heavy atom. The molecule has 11 nitrogen and oxygen atoms in total. The average Bonchev–Trinajstić information content (AvgIpc) is 3.21. The van der Waals surface area contributed by atoms with Crippen molar-refractivity contribution in [2.75, 3.05) is 13.7 Å². The molecule has 1 aromatic carbocycles. The quantitative estimate of drug-likeness (QED) is 0.548. The van der Waals surface area contributed by atoms with Crippen molar-refractivity contribution in [2.24, 2.45) is 14.1 Å². The van der Waals surface area contributed by atoms with E-state index in [1.54, 1.807) is 7.05 Å². The lowest BCUT2D eigenvalue weighted by Crippen LogP contribution is -2.52. The molecule has 3 heterocycles. The highest BCUT2D eigenvalue weighted by Gasteiger charge is 2.40. The van der Waals surface area contributed by atoms with Gasteiger partial charge >= 0.3 is 5.69 Å². The first-order valence-electron chi connectivity index (χ1n) is 9.74. The fourth-order valence-corrected chi connectivity index (χ4v) is 3.72. The number of aromatic amines is 1. The Bertz CT molecular complexity index is 1330. The van der Waals surface area contributed by atoms with Gasteiger partial charge in [0.25, 0.3) is 11.5 Å². The molecule has 1 fully saturated rings. The van der Waals surface area contributed by atoms with E-state index in [0.717, 1.165) is 4.57 Å². The Hall–Kier alpha value is -3.80. The van der Waals surface area contributed by atoms with Crippen molar-refractivity contribution >= 4 is 23.0 Å². The van der Waals surface area contributed by atoms with Crippen LogP contribution < -0.4 is 16.6 Å². The van der Waals surface area contributed by atoms with E-state index < -0.39 is 35.1 Å². The van der Waals surface area contributed by atoms with Gasteiger partial charge in [-0.3, -0.25) is 23.5 Å². The second kappa shape index (κ2) is 8.04. The number of morpholine rings is 1. The number of hydrogen-bond acceptors (Lipinski definition) is 6. The van der Waals surface area contributed by atoms with Gasteiger partial charge in [-0.2, -0.15) is 0 Å². The summed E-state index contributed by atoms with van der Waals surface area (Å²) in [5.74, 6) is -0.991. The number of aryl methyl sites for hydroxylation is 1. The zero-order valence-corrected chi connectivity index (χ0v) is 17.6. The molecule has 2 atom stereocenters. The molecule has 4 rings (SSSR count). The molecule has 1 aliphatic rings. The number of ether oxygens (including phenoxy) is 1. The molecular weight excluding hydrogens is 423 g/mol. The van der Waals surface area contributed by atoms with Gasteiger partial charge in [0.2, 0.25) is 5.91 Å². The SMILES string of the molecule is CN1C(=O)COC(C(=O)NCc2nc3c([nH]2)c(=O)n(C)c(=O)n3C)C1c1ccc(F)cc1. The van der Waals surface area contributed by atoms with Crippen LogP contribution in [-0.2, 0) is 35.0 Å². The first kappa shape index (κ1) is 21.4. The van der Waals surface area contributed by atoms with Crippen LogP contribution in [0.5, 0.6) is 0 Å². The number of H-pyrrole nitrogens is 1. The predicted molar refractivity (Wildman–Crippen MR) is 110 cm³/mol. The summed E-state index contributed by atoms with van der Waals surface area (Å²) in [4.78, 5) is 57.9. The lowest BCUT2D eigenvalue weighted by atomic mass is 9.97. The fraction of sp³-hybridized carbons (Fsp3) is 0.350. The molecule has 12 heteroatoms. The van der Waals surface area contributed by atoms with Crippen LogP contribution >= 0.6 is 0 Å². The molecule has 0 saturated carbocycles. The molecule has 2 unspecified atom stereocenters. The zero-order chi connectivity index (χ0) is 23.2. The molecule has 2 amide bonds. The second-order valence-corrected chi connectivity index (χ2v) is 7.54. The largest absolute Gasteiger partial charge is 0.356 e. The summed E-state index contributed by atoms with van der Waals surface area (Å²) >= 11 is 0. The monoisotopic (exact) mass is 444 g/mol. The number of amides is 2. The number of aromatic nitrogens is 4. The summed E-state index contributed by atoms with van der Waals surface area (Å²) in [6.45, 7) is -0.340. The second-order valence-electron chi connectivity index (χ2n) is 7.54. The van der Waals surface area contributed by atoms with E-state index in [1.807, 2.05) is 0 Å². The van der Waals surface area contributed by atoms with E-state index in [1.165, 1.54) is 47.8 Å². The molecule has 1 saturated heterocycles. The lowest BCUT2D eigenvalue weighted by molar-refractivity contribution is -0.162. The maximum atomic E-state index is 13.3. The molecule has 2 aromatic heterocycles. The number of likely N-dealkylation sites (N-methyl/N-ethyl adjacent to an activating group) is 1. The number of fused-ring (bicyclic) bond motifs is 1. The molecule has 2 N–H and O–H groups in total. The van der Waals surface area contributed by atoms with Gasteiger partial charge in [0.15, 0.2) is 11.8 Å². The number of benzene rings is 1. The molecule has 0 spiro atoms. The van der Waals surface area contributed by atoms with Gasteiger partial charge in [0.05, 0.1) is 12.6 Å². The molecule has 0 bridgehead atoms. The zero-order valence-electron chi connectivity index (χ0n) is 17.6. The van der Waals surface area contributed by atoms with Gasteiger partial charge < -0.3 is 19.9 Å². The molecule has 0 aliphatic carbocycles. The van der Waals surface area contributed by atoms with Crippen molar-refractivity contribution < 1.29 is 18.7 Å². The number of carbonyl (C=O) groups excluding carboxylic acids is 2. The van der Waals surface area contributed by atoms with Crippen LogP contribution in [-0.4, -0.2) is 55.6 Å². The highest BCUT2D eigenvalue weighted by atomic mass is 19.1. The number of hydrogen-bond donors (Lipinski definition) is 2. The third-order valence-corrected chi connectivity index (χ3v) is 5.53. The van der Waals surface area contributed by atoms with E-state index in [-0.39, 0.29) is 36.0 Å². The summed E-state index contributed by atoms with van der Waals surface area (Å²) in [5, 5.41) is 2.68. The number of nitrogens with zero attached hydrogens (tertiary/aromatic N) is 4. The highest BCUT2D eigenvalue weighted by molar-refractivity contribution is 5.86. The molecule has 32 heavy (non-hydrogen) atoms. The number of carbonyl (C=O) groups is 2. The Labute approximate surface area is 180 Å². The number of imidazole rings is 1. The van der Waals surface area contributed by atoms with Crippen LogP contribution in [0.1, 0.15) is 17.4 Å². The van der Waals surface area contributed by atoms with Crippen molar-refractivity contribution in [3.05, 3.63) is 62.3 Å². The average molecular weight is 444 g/mol.